The van der Waals surface area contributed by atoms with Gasteiger partial charge in [0.05, 0.1) is 16.0 Å². The molecule has 132 valence electrons. The van der Waals surface area contributed by atoms with Crippen molar-refractivity contribution in [3.63, 3.8) is 0 Å². The largest absolute Gasteiger partial charge is 0.482 e. The molecule has 1 amide bonds. The van der Waals surface area contributed by atoms with Crippen molar-refractivity contribution in [1.29, 1.82) is 0 Å². The van der Waals surface area contributed by atoms with Crippen LogP contribution in [0.2, 0.25) is 5.02 Å². The quantitative estimate of drug-likeness (QED) is 0.561. The van der Waals surface area contributed by atoms with Crippen LogP contribution in [0.15, 0.2) is 48.5 Å². The normalized spacial score (nSPS) is 11.6. The molecule has 0 saturated heterocycles. The molecule has 7 heteroatoms. The molecule has 1 N–H and O–H groups in total. The minimum atomic E-state index is -0.544. The Morgan fingerprint density at radius 2 is 2.00 bits per heavy atom. The minimum Gasteiger partial charge on any atom is -0.482 e. The Morgan fingerprint density at radius 1 is 1.28 bits per heavy atom. The number of hydrogen-bond acceptors (Lipinski definition) is 4. The number of nitrogens with zero attached hydrogens (tertiary/aromatic N) is 1. The maximum absolute atomic E-state index is 12.2. The van der Waals surface area contributed by atoms with Crippen LogP contribution >= 0.6 is 11.6 Å². The van der Waals surface area contributed by atoms with Crippen molar-refractivity contribution in [3.8, 4) is 5.75 Å². The van der Waals surface area contributed by atoms with Crippen molar-refractivity contribution in [2.75, 3.05) is 6.61 Å². The lowest BCUT2D eigenvalue weighted by Gasteiger charge is -2.19. The maximum atomic E-state index is 12.2. The molecule has 0 radical (unpaired) electrons. The van der Waals surface area contributed by atoms with Crippen LogP contribution in [-0.4, -0.2) is 17.4 Å². The number of nitro groups is 1. The first-order valence-corrected chi connectivity index (χ1v) is 8.30. The van der Waals surface area contributed by atoms with E-state index in [2.05, 4.69) is 12.2 Å². The second-order valence-electron chi connectivity index (χ2n) is 5.48. The fourth-order valence-corrected chi connectivity index (χ4v) is 2.63. The molecule has 2 rings (SSSR count). The molecule has 0 fully saturated rings. The molecule has 25 heavy (non-hydrogen) atoms. The number of ether oxygens (including phenoxy) is 1. The number of carbonyl (C=O) groups is 1. The molecule has 0 aliphatic heterocycles. The van der Waals surface area contributed by atoms with Crippen molar-refractivity contribution < 1.29 is 14.5 Å². The van der Waals surface area contributed by atoms with Gasteiger partial charge >= 0.3 is 0 Å². The Bertz CT molecular complexity index is 737. The average Bonchev–Trinajstić information content (AvgIpc) is 2.61. The number of non-ortho nitro benzene ring substituents is 1. The van der Waals surface area contributed by atoms with Gasteiger partial charge in [0.1, 0.15) is 5.75 Å². The van der Waals surface area contributed by atoms with E-state index in [-0.39, 0.29) is 35.0 Å². The van der Waals surface area contributed by atoms with Gasteiger partial charge in [-0.2, -0.15) is 0 Å². The standard InChI is InChI=1S/C18H19ClN2O4/c1-2-6-16(13-7-4-3-5-8-13)20-18(22)12-25-17-10-9-14(21(23)24)11-15(17)19/h3-5,7-11,16H,2,6,12H2,1H3,(H,20,22). The Kier molecular flexibility index (Phi) is 6.77. The molecule has 0 aromatic heterocycles. The molecule has 2 aromatic rings. The lowest BCUT2D eigenvalue weighted by atomic mass is 10.0. The highest BCUT2D eigenvalue weighted by Crippen LogP contribution is 2.28. The van der Waals surface area contributed by atoms with Crippen LogP contribution in [0, 0.1) is 10.1 Å². The van der Waals surface area contributed by atoms with Gasteiger partial charge in [-0.3, -0.25) is 14.9 Å². The lowest BCUT2D eigenvalue weighted by Crippen LogP contribution is -2.32. The van der Waals surface area contributed by atoms with E-state index < -0.39 is 4.92 Å². The predicted octanol–water partition coefficient (Wildman–Crippen LogP) is 4.28. The molecule has 0 aliphatic carbocycles. The summed E-state index contributed by atoms with van der Waals surface area (Å²) in [7, 11) is 0. The number of carbonyl (C=O) groups excluding carboxylic acids is 1. The van der Waals surface area contributed by atoms with Crippen LogP contribution in [0.1, 0.15) is 31.4 Å². The minimum absolute atomic E-state index is 0.0883. The van der Waals surface area contributed by atoms with E-state index in [0.717, 1.165) is 18.4 Å². The molecule has 2 aromatic carbocycles. The second-order valence-corrected chi connectivity index (χ2v) is 5.89. The van der Waals surface area contributed by atoms with Crippen LogP contribution in [-0.2, 0) is 4.79 Å². The average molecular weight is 363 g/mol. The summed E-state index contributed by atoms with van der Waals surface area (Å²) in [6, 6.07) is 13.5. The predicted molar refractivity (Wildman–Crippen MR) is 95.8 cm³/mol. The van der Waals surface area contributed by atoms with Crippen LogP contribution in [0.5, 0.6) is 5.75 Å². The summed E-state index contributed by atoms with van der Waals surface area (Å²) in [5.41, 5.74) is 0.903. The van der Waals surface area contributed by atoms with Crippen LogP contribution in [0.3, 0.4) is 0 Å². The summed E-state index contributed by atoms with van der Waals surface area (Å²) < 4.78 is 5.38. The van der Waals surface area contributed by atoms with E-state index in [0.29, 0.717) is 0 Å². The van der Waals surface area contributed by atoms with E-state index in [1.54, 1.807) is 0 Å². The first kappa shape index (κ1) is 18.7. The summed E-state index contributed by atoms with van der Waals surface area (Å²) in [4.78, 5) is 22.3. The Labute approximate surface area is 150 Å². The van der Waals surface area contributed by atoms with Crippen molar-refractivity contribution in [2.45, 2.75) is 25.8 Å². The van der Waals surface area contributed by atoms with Crippen LogP contribution < -0.4 is 10.1 Å². The summed E-state index contributed by atoms with van der Waals surface area (Å²) in [6.45, 7) is 1.83. The van der Waals surface area contributed by atoms with Crippen LogP contribution in [0.25, 0.3) is 0 Å². The Morgan fingerprint density at radius 3 is 2.60 bits per heavy atom. The highest BCUT2D eigenvalue weighted by Gasteiger charge is 2.15. The molecular weight excluding hydrogens is 344 g/mol. The molecule has 1 unspecified atom stereocenters. The van der Waals surface area contributed by atoms with Crippen molar-refractivity contribution in [1.82, 2.24) is 5.32 Å². The van der Waals surface area contributed by atoms with Gasteiger partial charge in [-0.1, -0.05) is 55.3 Å². The molecule has 0 saturated carbocycles. The smallest absolute Gasteiger partial charge is 0.271 e. The molecular formula is C18H19ClN2O4. The maximum Gasteiger partial charge on any atom is 0.271 e. The first-order valence-electron chi connectivity index (χ1n) is 7.92. The second kappa shape index (κ2) is 9.03. The third-order valence-electron chi connectivity index (χ3n) is 3.60. The van der Waals surface area contributed by atoms with E-state index in [1.165, 1.54) is 18.2 Å². The Balaban J connectivity index is 1.96. The third-order valence-corrected chi connectivity index (χ3v) is 3.89. The van der Waals surface area contributed by atoms with Gasteiger partial charge in [-0.15, -0.1) is 0 Å². The molecule has 6 nitrogen and oxygen atoms in total. The summed E-state index contributed by atoms with van der Waals surface area (Å²) >= 11 is 5.95. The fraction of sp³-hybridized carbons (Fsp3) is 0.278. The molecule has 0 bridgehead atoms. The monoisotopic (exact) mass is 362 g/mol. The number of nitro benzene ring substituents is 1. The number of halogens is 1. The zero-order valence-corrected chi connectivity index (χ0v) is 14.5. The fourth-order valence-electron chi connectivity index (χ4n) is 2.40. The molecule has 1 atom stereocenters. The SMILES string of the molecule is CCCC(NC(=O)COc1ccc([N+](=O)[O-])cc1Cl)c1ccccc1. The van der Waals surface area contributed by atoms with E-state index >= 15 is 0 Å². The number of hydrogen-bond donors (Lipinski definition) is 1. The number of amides is 1. The number of benzene rings is 2. The summed E-state index contributed by atoms with van der Waals surface area (Å²) in [5.74, 6) is -0.0501. The summed E-state index contributed by atoms with van der Waals surface area (Å²) in [6.07, 6.45) is 1.74. The van der Waals surface area contributed by atoms with Crippen molar-refractivity contribution in [2.24, 2.45) is 0 Å². The highest BCUT2D eigenvalue weighted by atomic mass is 35.5. The molecule has 0 spiro atoms. The van der Waals surface area contributed by atoms with E-state index in [1.807, 2.05) is 30.3 Å². The number of nitrogens with one attached hydrogen (secondary N) is 1. The topological polar surface area (TPSA) is 81.5 Å². The third kappa shape index (κ3) is 5.46. The van der Waals surface area contributed by atoms with Gasteiger partial charge in [0.25, 0.3) is 11.6 Å². The highest BCUT2D eigenvalue weighted by molar-refractivity contribution is 6.32. The van der Waals surface area contributed by atoms with Gasteiger partial charge in [0.2, 0.25) is 0 Å². The number of rotatable bonds is 8. The Hall–Kier alpha value is -2.60. The van der Waals surface area contributed by atoms with Crippen molar-refractivity contribution >= 4 is 23.2 Å². The zero-order chi connectivity index (χ0) is 18.2. The zero-order valence-electron chi connectivity index (χ0n) is 13.8. The molecule has 0 heterocycles. The van der Waals surface area contributed by atoms with E-state index in [9.17, 15) is 14.9 Å². The van der Waals surface area contributed by atoms with Crippen LogP contribution in [0.4, 0.5) is 5.69 Å². The first-order chi connectivity index (χ1) is 12.0. The lowest BCUT2D eigenvalue weighted by molar-refractivity contribution is -0.384. The summed E-state index contributed by atoms with van der Waals surface area (Å²) in [5, 5.41) is 13.7. The van der Waals surface area contributed by atoms with Gasteiger partial charge in [-0.05, 0) is 18.1 Å². The van der Waals surface area contributed by atoms with Crippen molar-refractivity contribution in [3.05, 3.63) is 69.2 Å². The van der Waals surface area contributed by atoms with Gasteiger partial charge in [0, 0.05) is 12.1 Å². The van der Waals surface area contributed by atoms with Gasteiger partial charge in [0.15, 0.2) is 6.61 Å². The van der Waals surface area contributed by atoms with Gasteiger partial charge in [-0.25, -0.2) is 0 Å². The van der Waals surface area contributed by atoms with Gasteiger partial charge < -0.3 is 10.1 Å². The molecule has 0 aliphatic rings. The van der Waals surface area contributed by atoms with E-state index in [4.69, 9.17) is 16.3 Å².